The number of carbonyl (C=O) groups is 1. The van der Waals surface area contributed by atoms with Crippen LogP contribution in [0.5, 0.6) is 0 Å². The first-order chi connectivity index (χ1) is 12.7. The van der Waals surface area contributed by atoms with E-state index in [4.69, 9.17) is 0 Å². The molecule has 4 rings (SSSR count). The van der Waals surface area contributed by atoms with Crippen LogP contribution in [0.25, 0.3) is 0 Å². The van der Waals surface area contributed by atoms with Gasteiger partial charge in [-0.15, -0.1) is 11.3 Å². The Bertz CT molecular complexity index is 857. The van der Waals surface area contributed by atoms with E-state index >= 15 is 0 Å². The van der Waals surface area contributed by atoms with Crippen LogP contribution in [0.3, 0.4) is 0 Å². The molecule has 0 aliphatic carbocycles. The van der Waals surface area contributed by atoms with Gasteiger partial charge in [0, 0.05) is 11.1 Å². The predicted octanol–water partition coefficient (Wildman–Crippen LogP) is 2.41. The van der Waals surface area contributed by atoms with Crippen LogP contribution in [0, 0.1) is 0 Å². The highest BCUT2D eigenvalue weighted by Gasteiger charge is 2.29. The lowest BCUT2D eigenvalue weighted by Crippen LogP contribution is -3.14. The molecule has 26 heavy (non-hydrogen) atoms. The van der Waals surface area contributed by atoms with Crippen LogP contribution >= 0.6 is 11.3 Å². The monoisotopic (exact) mass is 366 g/mol. The Hall–Kier alpha value is -2.37. The third-order valence-corrected chi connectivity index (χ3v) is 6.19. The van der Waals surface area contributed by atoms with E-state index in [1.54, 1.807) is 11.3 Å². The first-order valence-electron chi connectivity index (χ1n) is 9.09. The largest absolute Gasteiger partial charge is 0.341 e. The van der Waals surface area contributed by atoms with Gasteiger partial charge in [-0.05, 0) is 36.1 Å². The van der Waals surface area contributed by atoms with Gasteiger partial charge >= 0.3 is 0 Å². The van der Waals surface area contributed by atoms with Crippen molar-refractivity contribution >= 4 is 17.2 Å². The van der Waals surface area contributed by atoms with Crippen LogP contribution in [-0.4, -0.2) is 23.6 Å². The maximum atomic E-state index is 12.9. The van der Waals surface area contributed by atoms with Crippen molar-refractivity contribution in [2.24, 2.45) is 0 Å². The zero-order valence-corrected chi connectivity index (χ0v) is 15.7. The van der Waals surface area contributed by atoms with Crippen LogP contribution in [-0.2, 0) is 11.3 Å². The van der Waals surface area contributed by atoms with E-state index in [9.17, 15) is 4.79 Å². The predicted molar refractivity (Wildman–Crippen MR) is 104 cm³/mol. The zero-order chi connectivity index (χ0) is 17.9. The number of nitrogens with zero attached hydrogens (tertiary/aromatic N) is 1. The van der Waals surface area contributed by atoms with Crippen molar-refractivity contribution in [3.63, 3.8) is 0 Å². The molecule has 1 aliphatic rings. The lowest BCUT2D eigenvalue weighted by molar-refractivity contribution is -0.926. The third kappa shape index (κ3) is 3.45. The summed E-state index contributed by atoms with van der Waals surface area (Å²) in [4.78, 5) is 15.3. The standard InChI is InChI=1S/C21H23N3OS/c1-16-18-9-5-11-23(18)12-13-24(16)15-20(25)22-21(19-10-6-14-26-19)17-7-3-2-4-8-17/h2-11,14,16,21H,12-13,15H2,1H3,(H,22,25)/p+1/t16-,21-/m0/s1. The molecule has 0 saturated carbocycles. The number of benzene rings is 1. The second-order valence-corrected chi connectivity index (χ2v) is 7.84. The molecule has 0 saturated heterocycles. The van der Waals surface area contributed by atoms with Crippen LogP contribution < -0.4 is 10.2 Å². The summed E-state index contributed by atoms with van der Waals surface area (Å²) in [6.07, 6.45) is 2.13. The molecule has 4 nitrogen and oxygen atoms in total. The minimum Gasteiger partial charge on any atom is -0.341 e. The highest BCUT2D eigenvalue weighted by atomic mass is 32.1. The second kappa shape index (κ2) is 7.48. The van der Waals surface area contributed by atoms with Gasteiger partial charge in [0.25, 0.3) is 5.91 Å². The van der Waals surface area contributed by atoms with Crippen molar-refractivity contribution in [1.29, 1.82) is 0 Å². The minimum atomic E-state index is -0.0768. The number of aromatic nitrogens is 1. The molecular formula is C21H24N3OS+. The van der Waals surface area contributed by atoms with E-state index in [1.165, 1.54) is 15.5 Å². The van der Waals surface area contributed by atoms with Gasteiger partial charge in [0.05, 0.1) is 24.8 Å². The van der Waals surface area contributed by atoms with Gasteiger partial charge in [0.1, 0.15) is 6.04 Å². The fourth-order valence-corrected chi connectivity index (χ4v) is 4.60. The van der Waals surface area contributed by atoms with Gasteiger partial charge in [-0.1, -0.05) is 36.4 Å². The Morgan fingerprint density at radius 1 is 1.23 bits per heavy atom. The van der Waals surface area contributed by atoms with E-state index < -0.39 is 0 Å². The van der Waals surface area contributed by atoms with Crippen molar-refractivity contribution in [2.45, 2.75) is 25.6 Å². The molecule has 0 radical (unpaired) electrons. The molecule has 1 unspecified atom stereocenters. The minimum absolute atomic E-state index is 0.0768. The number of quaternary nitrogens is 1. The molecule has 134 valence electrons. The quantitative estimate of drug-likeness (QED) is 0.715. The molecule has 3 aromatic rings. The van der Waals surface area contributed by atoms with E-state index in [-0.39, 0.29) is 11.9 Å². The normalized spacial score (nSPS) is 20.3. The van der Waals surface area contributed by atoms with Gasteiger partial charge in [0.15, 0.2) is 6.54 Å². The number of fused-ring (bicyclic) bond motifs is 1. The summed E-state index contributed by atoms with van der Waals surface area (Å²) in [5, 5.41) is 5.32. The molecule has 1 amide bonds. The molecule has 1 aromatic carbocycles. The average Bonchev–Trinajstić information content (AvgIpc) is 3.35. The Morgan fingerprint density at radius 2 is 2.08 bits per heavy atom. The van der Waals surface area contributed by atoms with Crippen molar-refractivity contribution in [3.8, 4) is 0 Å². The lowest BCUT2D eigenvalue weighted by atomic mass is 10.1. The number of hydrogen-bond donors (Lipinski definition) is 2. The average molecular weight is 367 g/mol. The molecule has 2 N–H and O–H groups in total. The third-order valence-electron chi connectivity index (χ3n) is 5.25. The summed E-state index contributed by atoms with van der Waals surface area (Å²) in [6, 6.07) is 18.8. The second-order valence-electron chi connectivity index (χ2n) is 6.86. The molecule has 5 heteroatoms. The summed E-state index contributed by atoms with van der Waals surface area (Å²) >= 11 is 1.68. The van der Waals surface area contributed by atoms with Crippen molar-refractivity contribution in [2.75, 3.05) is 13.1 Å². The highest BCUT2D eigenvalue weighted by molar-refractivity contribution is 7.10. The van der Waals surface area contributed by atoms with Crippen LogP contribution in [0.4, 0.5) is 0 Å². The number of thiophene rings is 1. The van der Waals surface area contributed by atoms with Crippen molar-refractivity contribution < 1.29 is 9.69 Å². The molecule has 0 spiro atoms. The number of rotatable bonds is 5. The molecule has 0 fully saturated rings. The summed E-state index contributed by atoms with van der Waals surface area (Å²) < 4.78 is 2.30. The molecule has 0 bridgehead atoms. The summed E-state index contributed by atoms with van der Waals surface area (Å²) in [5.74, 6) is 0.106. The molecule has 3 heterocycles. The summed E-state index contributed by atoms with van der Waals surface area (Å²) in [7, 11) is 0. The molecule has 1 aliphatic heterocycles. The zero-order valence-electron chi connectivity index (χ0n) is 14.9. The Labute approximate surface area is 158 Å². The topological polar surface area (TPSA) is 38.5 Å². The van der Waals surface area contributed by atoms with Gasteiger partial charge < -0.3 is 14.8 Å². The van der Waals surface area contributed by atoms with Crippen LogP contribution in [0.15, 0.2) is 66.2 Å². The Morgan fingerprint density at radius 3 is 2.85 bits per heavy atom. The first-order valence-corrected chi connectivity index (χ1v) is 9.97. The SMILES string of the molecule is C[C@H]1c2cccn2CC[NH+]1CC(=O)N[C@@H](c1ccccc1)c1cccs1. The lowest BCUT2D eigenvalue weighted by Gasteiger charge is -2.31. The number of hydrogen-bond acceptors (Lipinski definition) is 2. The summed E-state index contributed by atoms with van der Waals surface area (Å²) in [6.45, 7) is 4.66. The molecular weight excluding hydrogens is 342 g/mol. The Kier molecular flexibility index (Phi) is 4.91. The smallest absolute Gasteiger partial charge is 0.275 e. The van der Waals surface area contributed by atoms with E-state index in [2.05, 4.69) is 58.7 Å². The number of carbonyl (C=O) groups excluding carboxylic acids is 1. The summed E-state index contributed by atoms with van der Waals surface area (Å²) in [5.41, 5.74) is 2.44. The van der Waals surface area contributed by atoms with E-state index in [0.29, 0.717) is 12.6 Å². The number of nitrogens with one attached hydrogen (secondary N) is 2. The fourth-order valence-electron chi connectivity index (χ4n) is 3.79. The number of amides is 1. The highest BCUT2D eigenvalue weighted by Crippen LogP contribution is 2.25. The van der Waals surface area contributed by atoms with E-state index in [1.807, 2.05) is 24.3 Å². The van der Waals surface area contributed by atoms with Crippen molar-refractivity contribution in [1.82, 2.24) is 9.88 Å². The van der Waals surface area contributed by atoms with Gasteiger partial charge in [-0.2, -0.15) is 0 Å². The van der Waals surface area contributed by atoms with Gasteiger partial charge in [0.2, 0.25) is 0 Å². The van der Waals surface area contributed by atoms with Crippen molar-refractivity contribution in [3.05, 3.63) is 82.3 Å². The Balaban J connectivity index is 1.48. The molecule has 2 aromatic heterocycles. The maximum Gasteiger partial charge on any atom is 0.275 e. The molecule has 3 atom stereocenters. The maximum absolute atomic E-state index is 12.9. The van der Waals surface area contributed by atoms with Crippen LogP contribution in [0.2, 0.25) is 0 Å². The van der Waals surface area contributed by atoms with Crippen LogP contribution in [0.1, 0.15) is 35.1 Å². The van der Waals surface area contributed by atoms with Gasteiger partial charge in [-0.3, -0.25) is 4.79 Å². The first kappa shape index (κ1) is 17.1. The van der Waals surface area contributed by atoms with E-state index in [0.717, 1.165) is 18.7 Å². The van der Waals surface area contributed by atoms with Gasteiger partial charge in [-0.25, -0.2) is 0 Å². The fraction of sp³-hybridized carbons (Fsp3) is 0.286.